The number of hydrogen-bond donors (Lipinski definition) is 1. The first-order chi connectivity index (χ1) is 13.8. The van der Waals surface area contributed by atoms with Crippen LogP contribution in [0.1, 0.15) is 24.4 Å². The Balaban J connectivity index is 1.73. The normalized spacial score (nSPS) is 18.7. The minimum Gasteiger partial charge on any atom is -0.353 e. The number of nitrogens with one attached hydrogen (secondary N) is 1. The molecule has 6 nitrogen and oxygen atoms in total. The average molecular weight is 436 g/mol. The SMILES string of the molecule is CN(C)C(CNC(=O)C1CCCN1S(=O)(=O)c1ccccc1)c1ccccc1Cl. The number of halogens is 1. The highest BCUT2D eigenvalue weighted by atomic mass is 35.5. The lowest BCUT2D eigenvalue weighted by Gasteiger charge is -2.28. The molecule has 1 aliphatic heterocycles. The smallest absolute Gasteiger partial charge is 0.243 e. The molecule has 2 aromatic rings. The Bertz CT molecular complexity index is 951. The van der Waals surface area contributed by atoms with Crippen molar-refractivity contribution in [1.82, 2.24) is 14.5 Å². The molecule has 1 aliphatic rings. The van der Waals surface area contributed by atoms with Gasteiger partial charge in [-0.05, 0) is 50.7 Å². The molecule has 0 aromatic heterocycles. The molecule has 0 spiro atoms. The molecule has 2 unspecified atom stereocenters. The summed E-state index contributed by atoms with van der Waals surface area (Å²) >= 11 is 6.33. The summed E-state index contributed by atoms with van der Waals surface area (Å²) in [5.74, 6) is -0.277. The summed E-state index contributed by atoms with van der Waals surface area (Å²) in [4.78, 5) is 15.1. The van der Waals surface area contributed by atoms with E-state index < -0.39 is 16.1 Å². The summed E-state index contributed by atoms with van der Waals surface area (Å²) in [7, 11) is 0.131. The van der Waals surface area contributed by atoms with E-state index >= 15 is 0 Å². The minimum absolute atomic E-state index is 0.117. The lowest BCUT2D eigenvalue weighted by atomic mass is 10.1. The van der Waals surface area contributed by atoms with Crippen LogP contribution >= 0.6 is 11.6 Å². The molecule has 3 rings (SSSR count). The van der Waals surface area contributed by atoms with Crippen molar-refractivity contribution in [3.05, 3.63) is 65.2 Å². The molecule has 8 heteroatoms. The monoisotopic (exact) mass is 435 g/mol. The van der Waals surface area contributed by atoms with Crippen LogP contribution in [0.3, 0.4) is 0 Å². The van der Waals surface area contributed by atoms with E-state index in [1.54, 1.807) is 30.3 Å². The van der Waals surface area contributed by atoms with Crippen molar-refractivity contribution in [1.29, 1.82) is 0 Å². The number of benzene rings is 2. The molecule has 1 heterocycles. The summed E-state index contributed by atoms with van der Waals surface area (Å²) in [6.07, 6.45) is 1.17. The van der Waals surface area contributed by atoms with Gasteiger partial charge in [-0.3, -0.25) is 4.79 Å². The van der Waals surface area contributed by atoms with Gasteiger partial charge >= 0.3 is 0 Å². The zero-order valence-electron chi connectivity index (χ0n) is 16.6. The topological polar surface area (TPSA) is 69.7 Å². The number of nitrogens with zero attached hydrogens (tertiary/aromatic N) is 2. The van der Waals surface area contributed by atoms with E-state index in [1.165, 1.54) is 4.31 Å². The summed E-state index contributed by atoms with van der Waals surface area (Å²) in [5, 5.41) is 3.57. The molecular formula is C21H26ClN3O3S. The Kier molecular flexibility index (Phi) is 6.95. The quantitative estimate of drug-likeness (QED) is 0.726. The van der Waals surface area contributed by atoms with Gasteiger partial charge in [-0.25, -0.2) is 8.42 Å². The number of amides is 1. The van der Waals surface area contributed by atoms with Crippen LogP contribution in [-0.2, 0) is 14.8 Å². The van der Waals surface area contributed by atoms with Crippen LogP contribution in [0.5, 0.6) is 0 Å². The molecule has 0 aliphatic carbocycles. The third kappa shape index (κ3) is 4.80. The molecule has 0 radical (unpaired) electrons. The first-order valence-corrected chi connectivity index (χ1v) is 11.4. The van der Waals surface area contributed by atoms with Crippen molar-refractivity contribution in [3.8, 4) is 0 Å². The maximum Gasteiger partial charge on any atom is 0.243 e. The van der Waals surface area contributed by atoms with Gasteiger partial charge in [0.15, 0.2) is 0 Å². The van der Waals surface area contributed by atoms with Crippen LogP contribution in [0.25, 0.3) is 0 Å². The second-order valence-electron chi connectivity index (χ2n) is 7.33. The molecule has 1 amide bonds. The van der Waals surface area contributed by atoms with E-state index in [0.717, 1.165) is 5.56 Å². The molecule has 1 fully saturated rings. The standard InChI is InChI=1S/C21H26ClN3O3S/c1-24(2)20(17-11-6-7-12-18(17)22)15-23-21(26)19-13-8-14-25(19)29(27,28)16-9-4-3-5-10-16/h3-7,9-12,19-20H,8,13-15H2,1-2H3,(H,23,26). The number of rotatable bonds is 7. The highest BCUT2D eigenvalue weighted by Crippen LogP contribution is 2.28. The number of carbonyl (C=O) groups is 1. The Morgan fingerprint density at radius 1 is 1.17 bits per heavy atom. The lowest BCUT2D eigenvalue weighted by molar-refractivity contribution is -0.124. The van der Waals surface area contributed by atoms with Gasteiger partial charge in [0.2, 0.25) is 15.9 Å². The second-order valence-corrected chi connectivity index (χ2v) is 9.63. The molecule has 0 saturated carbocycles. The molecule has 2 aromatic carbocycles. The van der Waals surface area contributed by atoms with Crippen LogP contribution in [0, 0.1) is 0 Å². The number of likely N-dealkylation sites (N-methyl/N-ethyl adjacent to an activating group) is 1. The average Bonchev–Trinajstić information content (AvgIpc) is 3.20. The van der Waals surface area contributed by atoms with Gasteiger partial charge in [0.1, 0.15) is 6.04 Å². The van der Waals surface area contributed by atoms with E-state index in [4.69, 9.17) is 11.6 Å². The van der Waals surface area contributed by atoms with Gasteiger partial charge in [-0.2, -0.15) is 4.31 Å². The molecule has 29 heavy (non-hydrogen) atoms. The van der Waals surface area contributed by atoms with Crippen LogP contribution in [0.2, 0.25) is 5.02 Å². The van der Waals surface area contributed by atoms with Crippen molar-refractivity contribution in [2.45, 2.75) is 29.8 Å². The first-order valence-electron chi connectivity index (χ1n) is 9.58. The Morgan fingerprint density at radius 3 is 2.48 bits per heavy atom. The number of hydrogen-bond acceptors (Lipinski definition) is 4. The zero-order valence-corrected chi connectivity index (χ0v) is 18.2. The Hall–Kier alpha value is -1.93. The maximum absolute atomic E-state index is 13.0. The molecule has 2 atom stereocenters. The number of sulfonamides is 1. The van der Waals surface area contributed by atoms with Gasteiger partial charge in [0.25, 0.3) is 0 Å². The first kappa shape index (κ1) is 21.8. The van der Waals surface area contributed by atoms with Crippen molar-refractivity contribution in [2.75, 3.05) is 27.2 Å². The predicted molar refractivity (Wildman–Crippen MR) is 114 cm³/mol. The van der Waals surface area contributed by atoms with Crippen LogP contribution in [-0.4, -0.2) is 56.8 Å². The largest absolute Gasteiger partial charge is 0.353 e. The fourth-order valence-corrected chi connectivity index (χ4v) is 5.59. The highest BCUT2D eigenvalue weighted by molar-refractivity contribution is 7.89. The fourth-order valence-electron chi connectivity index (χ4n) is 3.65. The fraction of sp³-hybridized carbons (Fsp3) is 0.381. The summed E-state index contributed by atoms with van der Waals surface area (Å²) in [5.41, 5.74) is 0.916. The van der Waals surface area contributed by atoms with Gasteiger partial charge in [-0.15, -0.1) is 0 Å². The van der Waals surface area contributed by atoms with Gasteiger partial charge in [-0.1, -0.05) is 48.0 Å². The maximum atomic E-state index is 13.0. The summed E-state index contributed by atoms with van der Waals surface area (Å²) < 4.78 is 27.3. The van der Waals surface area contributed by atoms with Crippen LogP contribution in [0.15, 0.2) is 59.5 Å². The molecule has 1 N–H and O–H groups in total. The van der Waals surface area contributed by atoms with E-state index in [2.05, 4.69) is 5.32 Å². The molecule has 1 saturated heterocycles. The van der Waals surface area contributed by atoms with Crippen LogP contribution in [0.4, 0.5) is 0 Å². The van der Waals surface area contributed by atoms with Gasteiger partial charge in [0.05, 0.1) is 10.9 Å². The summed E-state index contributed by atoms with van der Waals surface area (Å²) in [6.45, 7) is 0.683. The Labute approximate surface area is 177 Å². The molecule has 156 valence electrons. The van der Waals surface area contributed by atoms with Crippen molar-refractivity contribution >= 4 is 27.5 Å². The molecule has 0 bridgehead atoms. The van der Waals surface area contributed by atoms with Crippen molar-refractivity contribution in [3.63, 3.8) is 0 Å². The van der Waals surface area contributed by atoms with Crippen LogP contribution < -0.4 is 5.32 Å². The van der Waals surface area contributed by atoms with E-state index in [0.29, 0.717) is 31.0 Å². The minimum atomic E-state index is -3.71. The third-order valence-corrected chi connectivity index (χ3v) is 7.48. The number of carbonyl (C=O) groups excluding carboxylic acids is 1. The highest BCUT2D eigenvalue weighted by Gasteiger charge is 2.39. The van der Waals surface area contributed by atoms with E-state index in [1.807, 2.05) is 43.3 Å². The Morgan fingerprint density at radius 2 is 1.83 bits per heavy atom. The van der Waals surface area contributed by atoms with Gasteiger partial charge in [0, 0.05) is 18.1 Å². The van der Waals surface area contributed by atoms with E-state index in [-0.39, 0.29) is 16.8 Å². The second kappa shape index (κ2) is 9.26. The van der Waals surface area contributed by atoms with Crippen molar-refractivity contribution < 1.29 is 13.2 Å². The third-order valence-electron chi connectivity index (χ3n) is 5.21. The van der Waals surface area contributed by atoms with Gasteiger partial charge < -0.3 is 10.2 Å². The summed E-state index contributed by atoms with van der Waals surface area (Å²) in [6, 6.07) is 15.0. The molecular weight excluding hydrogens is 410 g/mol. The predicted octanol–water partition coefficient (Wildman–Crippen LogP) is 2.91. The zero-order chi connectivity index (χ0) is 21.0. The van der Waals surface area contributed by atoms with Crippen molar-refractivity contribution in [2.24, 2.45) is 0 Å². The lowest BCUT2D eigenvalue weighted by Crippen LogP contribution is -2.47. The van der Waals surface area contributed by atoms with E-state index in [9.17, 15) is 13.2 Å².